The molecule has 3 aromatic rings. The van der Waals surface area contributed by atoms with Crippen LogP contribution in [0, 0.1) is 6.92 Å². The van der Waals surface area contributed by atoms with E-state index in [4.69, 9.17) is 9.47 Å². The topological polar surface area (TPSA) is 106 Å². The first kappa shape index (κ1) is 19.0. The molecule has 0 atom stereocenters. The van der Waals surface area contributed by atoms with E-state index >= 15 is 0 Å². The van der Waals surface area contributed by atoms with Crippen LogP contribution in [0.15, 0.2) is 41.3 Å². The Morgan fingerprint density at radius 2 is 1.76 bits per heavy atom. The molecule has 1 amide bonds. The SMILES string of the molecule is COc1cc2c(cc1OC)S(=O)(=O)N(CC(=O)c1c(C)[nH]c3ccccc13)C2=O. The molecule has 8 nitrogen and oxygen atoms in total. The number of aromatic nitrogens is 1. The van der Waals surface area contributed by atoms with Crippen molar-refractivity contribution in [3.05, 3.63) is 53.2 Å². The van der Waals surface area contributed by atoms with E-state index in [9.17, 15) is 18.0 Å². The molecule has 0 saturated heterocycles. The molecule has 4 rings (SSSR count). The lowest BCUT2D eigenvalue weighted by atomic mass is 10.1. The minimum absolute atomic E-state index is 0.0499. The zero-order valence-electron chi connectivity index (χ0n) is 16.0. The van der Waals surface area contributed by atoms with Gasteiger partial charge in [0.15, 0.2) is 17.3 Å². The summed E-state index contributed by atoms with van der Waals surface area (Å²) in [5.74, 6) is -0.825. The summed E-state index contributed by atoms with van der Waals surface area (Å²) in [5.41, 5.74) is 1.70. The average Bonchev–Trinajstić information content (AvgIpc) is 3.13. The normalized spacial score (nSPS) is 14.9. The number of benzene rings is 2. The van der Waals surface area contributed by atoms with Crippen molar-refractivity contribution in [3.8, 4) is 11.5 Å². The summed E-state index contributed by atoms with van der Waals surface area (Å²) >= 11 is 0. The van der Waals surface area contributed by atoms with Crippen LogP contribution < -0.4 is 9.47 Å². The largest absolute Gasteiger partial charge is 0.493 e. The standard InChI is InChI=1S/C20H18N2O6S/c1-11-19(12-6-4-5-7-14(12)21-11)15(23)10-22-20(24)13-8-16(27-2)17(28-3)9-18(13)29(22,25)26/h4-9,21H,10H2,1-3H3. The number of rotatable bonds is 5. The first-order valence-corrected chi connectivity index (χ1v) is 10.2. The van der Waals surface area contributed by atoms with E-state index in [0.717, 1.165) is 5.52 Å². The number of carbonyl (C=O) groups excluding carboxylic acids is 2. The number of fused-ring (bicyclic) bond motifs is 2. The molecule has 1 aromatic heterocycles. The second-order valence-electron chi connectivity index (χ2n) is 6.61. The van der Waals surface area contributed by atoms with Gasteiger partial charge in [0, 0.05) is 28.2 Å². The molecule has 2 heterocycles. The van der Waals surface area contributed by atoms with Crippen LogP contribution in [0.25, 0.3) is 10.9 Å². The maximum atomic E-state index is 13.0. The highest BCUT2D eigenvalue weighted by Crippen LogP contribution is 2.39. The maximum Gasteiger partial charge on any atom is 0.269 e. The predicted molar refractivity (Wildman–Crippen MR) is 105 cm³/mol. The third-order valence-electron chi connectivity index (χ3n) is 4.97. The molecule has 0 saturated carbocycles. The molecule has 0 unspecified atom stereocenters. The van der Waals surface area contributed by atoms with Gasteiger partial charge in [-0.2, -0.15) is 0 Å². The first-order chi connectivity index (χ1) is 13.8. The number of amides is 1. The zero-order chi connectivity index (χ0) is 20.9. The quantitative estimate of drug-likeness (QED) is 0.643. The fourth-order valence-corrected chi connectivity index (χ4v) is 5.13. The first-order valence-electron chi connectivity index (χ1n) is 8.73. The number of nitrogens with zero attached hydrogens (tertiary/aromatic N) is 1. The van der Waals surface area contributed by atoms with Crippen LogP contribution >= 0.6 is 0 Å². The Hall–Kier alpha value is -3.33. The second kappa shape index (κ2) is 6.63. The van der Waals surface area contributed by atoms with E-state index in [2.05, 4.69) is 4.98 Å². The Balaban J connectivity index is 1.75. The summed E-state index contributed by atoms with van der Waals surface area (Å²) in [7, 11) is -1.43. The van der Waals surface area contributed by atoms with E-state index in [0.29, 0.717) is 20.9 Å². The number of nitrogens with one attached hydrogen (secondary N) is 1. The summed E-state index contributed by atoms with van der Waals surface area (Å²) in [6.07, 6.45) is 0. The van der Waals surface area contributed by atoms with Crippen molar-refractivity contribution in [1.29, 1.82) is 0 Å². The molecule has 150 valence electrons. The van der Waals surface area contributed by atoms with Crippen molar-refractivity contribution in [2.24, 2.45) is 0 Å². The number of H-pyrrole nitrogens is 1. The van der Waals surface area contributed by atoms with E-state index < -0.39 is 28.3 Å². The van der Waals surface area contributed by atoms with Crippen LogP contribution in [-0.2, 0) is 10.0 Å². The summed E-state index contributed by atoms with van der Waals surface area (Å²) < 4.78 is 36.8. The van der Waals surface area contributed by atoms with Crippen LogP contribution in [-0.4, -0.2) is 50.2 Å². The van der Waals surface area contributed by atoms with E-state index in [1.165, 1.54) is 26.4 Å². The third kappa shape index (κ3) is 2.77. The van der Waals surface area contributed by atoms with Crippen LogP contribution in [0.3, 0.4) is 0 Å². The highest BCUT2D eigenvalue weighted by atomic mass is 32.2. The Morgan fingerprint density at radius 1 is 1.10 bits per heavy atom. The van der Waals surface area contributed by atoms with Gasteiger partial charge in [-0.15, -0.1) is 0 Å². The Morgan fingerprint density at radius 3 is 2.45 bits per heavy atom. The highest BCUT2D eigenvalue weighted by molar-refractivity contribution is 7.90. The van der Waals surface area contributed by atoms with Crippen molar-refractivity contribution in [2.75, 3.05) is 20.8 Å². The molecule has 2 aromatic carbocycles. The number of hydrogen-bond donors (Lipinski definition) is 1. The number of hydrogen-bond acceptors (Lipinski definition) is 6. The van der Waals surface area contributed by atoms with Crippen LogP contribution in [0.4, 0.5) is 0 Å². The third-order valence-corrected chi connectivity index (χ3v) is 6.74. The summed E-state index contributed by atoms with van der Waals surface area (Å²) in [5, 5.41) is 0.680. The average molecular weight is 414 g/mol. The number of carbonyl (C=O) groups is 2. The molecule has 1 N–H and O–H groups in total. The molecule has 0 bridgehead atoms. The van der Waals surface area contributed by atoms with Gasteiger partial charge < -0.3 is 14.5 Å². The van der Waals surface area contributed by atoms with Crippen molar-refractivity contribution >= 4 is 32.6 Å². The molecule has 9 heteroatoms. The zero-order valence-corrected chi connectivity index (χ0v) is 16.8. The molecular formula is C20H18N2O6S. The minimum atomic E-state index is -4.19. The number of para-hydroxylation sites is 1. The number of aromatic amines is 1. The predicted octanol–water partition coefficient (Wildman–Crippen LogP) is 2.52. The Labute approximate surface area is 167 Å². The number of sulfonamides is 1. The lowest BCUT2D eigenvalue weighted by Crippen LogP contribution is -2.35. The Bertz CT molecular complexity index is 1280. The molecule has 29 heavy (non-hydrogen) atoms. The molecule has 1 aliphatic rings. The minimum Gasteiger partial charge on any atom is -0.493 e. The maximum absolute atomic E-state index is 13.0. The van der Waals surface area contributed by atoms with Crippen LogP contribution in [0.1, 0.15) is 26.4 Å². The molecular weight excluding hydrogens is 396 g/mol. The fourth-order valence-electron chi connectivity index (χ4n) is 3.61. The van der Waals surface area contributed by atoms with Crippen LogP contribution in [0.5, 0.6) is 11.5 Å². The monoisotopic (exact) mass is 414 g/mol. The van der Waals surface area contributed by atoms with Crippen molar-refractivity contribution in [1.82, 2.24) is 9.29 Å². The lowest BCUT2D eigenvalue weighted by molar-refractivity contribution is 0.0820. The highest BCUT2D eigenvalue weighted by Gasteiger charge is 2.43. The second-order valence-corrected chi connectivity index (χ2v) is 8.44. The smallest absolute Gasteiger partial charge is 0.269 e. The van der Waals surface area contributed by atoms with Gasteiger partial charge in [0.25, 0.3) is 15.9 Å². The van der Waals surface area contributed by atoms with Gasteiger partial charge >= 0.3 is 0 Å². The van der Waals surface area contributed by atoms with Crippen molar-refractivity contribution in [3.63, 3.8) is 0 Å². The van der Waals surface area contributed by atoms with Gasteiger partial charge in [0.2, 0.25) is 0 Å². The molecule has 0 aliphatic carbocycles. The molecule has 0 fully saturated rings. The summed E-state index contributed by atoms with van der Waals surface area (Å²) in [4.78, 5) is 28.7. The van der Waals surface area contributed by atoms with Crippen LogP contribution in [0.2, 0.25) is 0 Å². The summed E-state index contributed by atoms with van der Waals surface area (Å²) in [6, 6.07) is 9.78. The fraction of sp³-hybridized carbons (Fsp3) is 0.200. The van der Waals surface area contributed by atoms with Gasteiger partial charge in [-0.05, 0) is 19.1 Å². The molecule has 0 radical (unpaired) electrons. The van der Waals surface area contributed by atoms with Gasteiger partial charge in [-0.1, -0.05) is 18.2 Å². The molecule has 1 aliphatic heterocycles. The van der Waals surface area contributed by atoms with Gasteiger partial charge in [-0.3, -0.25) is 9.59 Å². The van der Waals surface area contributed by atoms with Crippen molar-refractivity contribution < 1.29 is 27.5 Å². The number of ether oxygens (including phenoxy) is 2. The van der Waals surface area contributed by atoms with Gasteiger partial charge in [0.1, 0.15) is 11.4 Å². The van der Waals surface area contributed by atoms with Gasteiger partial charge in [0.05, 0.1) is 19.8 Å². The van der Waals surface area contributed by atoms with E-state index in [1.54, 1.807) is 19.1 Å². The Kier molecular flexibility index (Phi) is 4.34. The number of ketones is 1. The number of aryl methyl sites for hydroxylation is 1. The lowest BCUT2D eigenvalue weighted by Gasteiger charge is -2.14. The number of Topliss-reactive ketones (excluding diaryl/α,β-unsaturated/α-hetero) is 1. The summed E-state index contributed by atoms with van der Waals surface area (Å²) in [6.45, 7) is 1.14. The van der Waals surface area contributed by atoms with E-state index in [1.807, 2.05) is 12.1 Å². The van der Waals surface area contributed by atoms with Gasteiger partial charge in [-0.25, -0.2) is 12.7 Å². The molecule has 0 spiro atoms. The van der Waals surface area contributed by atoms with Crippen molar-refractivity contribution in [2.45, 2.75) is 11.8 Å². The number of methoxy groups -OCH3 is 2. The van der Waals surface area contributed by atoms with E-state index in [-0.39, 0.29) is 22.0 Å².